The summed E-state index contributed by atoms with van der Waals surface area (Å²) < 4.78 is 5.73. The zero-order chi connectivity index (χ0) is 16.1. The van der Waals surface area contributed by atoms with Crippen molar-refractivity contribution in [1.82, 2.24) is 20.3 Å². The molecule has 0 fully saturated rings. The van der Waals surface area contributed by atoms with Crippen LogP contribution in [-0.4, -0.2) is 20.3 Å². The molecule has 3 aromatic rings. The van der Waals surface area contributed by atoms with Crippen molar-refractivity contribution in [2.24, 2.45) is 0 Å². The third-order valence-corrected chi connectivity index (χ3v) is 3.38. The molecule has 0 aliphatic heterocycles. The molecule has 118 valence electrons. The molecule has 0 aliphatic carbocycles. The third kappa shape index (κ3) is 4.10. The van der Waals surface area contributed by atoms with Crippen LogP contribution in [0.2, 0.25) is 5.02 Å². The lowest BCUT2D eigenvalue weighted by atomic mass is 10.2. The Balaban J connectivity index is 1.53. The highest BCUT2D eigenvalue weighted by atomic mass is 35.5. The molecule has 1 heterocycles. The van der Waals surface area contributed by atoms with E-state index in [2.05, 4.69) is 21.0 Å². The van der Waals surface area contributed by atoms with Gasteiger partial charge in [0.15, 0.2) is 0 Å². The Labute approximate surface area is 138 Å². The van der Waals surface area contributed by atoms with Crippen LogP contribution in [0.1, 0.15) is 11.1 Å². The fraction of sp³-hybridized carbons (Fsp3) is 0.133. The number of ether oxygens (including phenoxy) is 1. The second-order valence-corrected chi connectivity index (χ2v) is 5.28. The van der Waals surface area contributed by atoms with Crippen LogP contribution in [-0.2, 0) is 13.2 Å². The quantitative estimate of drug-likeness (QED) is 0.720. The summed E-state index contributed by atoms with van der Waals surface area (Å²) >= 11 is 5.95. The molecular formula is C15H15ClN6O. The predicted molar refractivity (Wildman–Crippen MR) is 87.5 cm³/mol. The second-order valence-electron chi connectivity index (χ2n) is 4.85. The van der Waals surface area contributed by atoms with E-state index in [1.807, 2.05) is 48.5 Å². The van der Waals surface area contributed by atoms with Gasteiger partial charge in [0.05, 0.1) is 6.54 Å². The maximum Gasteiger partial charge on any atom is 0.260 e. The summed E-state index contributed by atoms with van der Waals surface area (Å²) in [5.74, 6) is 1.00. The number of nitrogens with two attached hydrogens (primary N) is 1. The predicted octanol–water partition coefficient (Wildman–Crippen LogP) is 2.23. The molecular weight excluding hydrogens is 316 g/mol. The minimum absolute atomic E-state index is 0.214. The Bertz CT molecular complexity index is 774. The van der Waals surface area contributed by atoms with Gasteiger partial charge >= 0.3 is 0 Å². The molecule has 8 heteroatoms. The first-order valence-electron chi connectivity index (χ1n) is 6.94. The summed E-state index contributed by atoms with van der Waals surface area (Å²) in [4.78, 5) is 1.32. The maximum atomic E-state index is 5.95. The molecule has 7 nitrogen and oxygen atoms in total. The van der Waals surface area contributed by atoms with Crippen molar-refractivity contribution in [2.75, 3.05) is 11.2 Å². The average Bonchev–Trinajstić information content (AvgIpc) is 2.97. The highest BCUT2D eigenvalue weighted by Crippen LogP contribution is 2.16. The number of nitrogens with one attached hydrogen (secondary N) is 1. The molecule has 0 saturated heterocycles. The van der Waals surface area contributed by atoms with Gasteiger partial charge < -0.3 is 15.9 Å². The summed E-state index contributed by atoms with van der Waals surface area (Å²) in [7, 11) is 0. The lowest BCUT2D eigenvalue weighted by molar-refractivity contribution is 0.306. The van der Waals surface area contributed by atoms with E-state index >= 15 is 0 Å². The van der Waals surface area contributed by atoms with E-state index < -0.39 is 0 Å². The number of anilines is 1. The van der Waals surface area contributed by atoms with E-state index in [4.69, 9.17) is 22.1 Å². The zero-order valence-corrected chi connectivity index (χ0v) is 12.9. The molecule has 23 heavy (non-hydrogen) atoms. The lowest BCUT2D eigenvalue weighted by Gasteiger charge is -2.09. The van der Waals surface area contributed by atoms with Gasteiger partial charge in [-0.05, 0) is 45.8 Å². The van der Waals surface area contributed by atoms with E-state index in [0.717, 1.165) is 16.9 Å². The molecule has 0 amide bonds. The molecule has 0 atom stereocenters. The number of rotatable bonds is 6. The number of hydrogen-bond donors (Lipinski definition) is 2. The molecule has 0 aliphatic rings. The Hall–Kier alpha value is -2.80. The van der Waals surface area contributed by atoms with Gasteiger partial charge in [-0.3, -0.25) is 0 Å². The van der Waals surface area contributed by atoms with Crippen LogP contribution in [0.3, 0.4) is 0 Å². The number of tetrazole rings is 1. The van der Waals surface area contributed by atoms with Crippen molar-refractivity contribution in [3.8, 4) is 5.75 Å². The second kappa shape index (κ2) is 6.97. The SMILES string of the molecule is Nc1nnnn1NCc1ccc(OCc2cccc(Cl)c2)cc1. The number of aromatic nitrogens is 4. The number of halogens is 1. The minimum Gasteiger partial charge on any atom is -0.489 e. The Morgan fingerprint density at radius 1 is 1.13 bits per heavy atom. The first kappa shape index (κ1) is 15.1. The van der Waals surface area contributed by atoms with Gasteiger partial charge in [-0.15, -0.1) is 4.79 Å². The molecule has 0 bridgehead atoms. The molecule has 1 aromatic heterocycles. The summed E-state index contributed by atoms with van der Waals surface area (Å²) in [6.45, 7) is 1.02. The van der Waals surface area contributed by atoms with Gasteiger partial charge in [-0.25, -0.2) is 0 Å². The van der Waals surface area contributed by atoms with Crippen LogP contribution < -0.4 is 15.9 Å². The monoisotopic (exact) mass is 330 g/mol. The largest absolute Gasteiger partial charge is 0.489 e. The minimum atomic E-state index is 0.214. The summed E-state index contributed by atoms with van der Waals surface area (Å²) in [5, 5.41) is 11.4. The topological polar surface area (TPSA) is 90.9 Å². The average molecular weight is 331 g/mol. The summed E-state index contributed by atoms with van der Waals surface area (Å²) in [6, 6.07) is 15.3. The number of nitrogen functional groups attached to an aromatic ring is 1. The Morgan fingerprint density at radius 2 is 1.96 bits per heavy atom. The number of benzene rings is 2. The normalized spacial score (nSPS) is 10.5. The Morgan fingerprint density at radius 3 is 2.65 bits per heavy atom. The van der Waals surface area contributed by atoms with Crippen molar-refractivity contribution in [3.05, 3.63) is 64.7 Å². The zero-order valence-electron chi connectivity index (χ0n) is 12.2. The maximum absolute atomic E-state index is 5.95. The van der Waals surface area contributed by atoms with Crippen LogP contribution in [0.25, 0.3) is 0 Å². The van der Waals surface area contributed by atoms with Crippen molar-refractivity contribution < 1.29 is 4.74 Å². The fourth-order valence-electron chi connectivity index (χ4n) is 1.97. The summed E-state index contributed by atoms with van der Waals surface area (Å²) in [6.07, 6.45) is 0. The van der Waals surface area contributed by atoms with Crippen molar-refractivity contribution in [3.63, 3.8) is 0 Å². The molecule has 0 spiro atoms. The molecule has 3 rings (SSSR count). The van der Waals surface area contributed by atoms with E-state index in [1.54, 1.807) is 0 Å². The van der Waals surface area contributed by atoms with E-state index in [1.165, 1.54) is 4.79 Å². The van der Waals surface area contributed by atoms with Crippen LogP contribution in [0, 0.1) is 0 Å². The lowest BCUT2D eigenvalue weighted by Crippen LogP contribution is -2.18. The standard InChI is InChI=1S/C15H15ClN6O/c16-13-3-1-2-12(8-13)10-23-14-6-4-11(5-7-14)9-18-22-15(17)19-20-21-22/h1-8,18H,9-10H2,(H2,17,19,21). The first-order chi connectivity index (χ1) is 11.2. The van der Waals surface area contributed by atoms with E-state index in [0.29, 0.717) is 18.2 Å². The fourth-order valence-corrected chi connectivity index (χ4v) is 2.18. The van der Waals surface area contributed by atoms with Crippen molar-refractivity contribution in [2.45, 2.75) is 13.2 Å². The first-order valence-corrected chi connectivity index (χ1v) is 7.32. The highest BCUT2D eigenvalue weighted by Gasteiger charge is 2.01. The van der Waals surface area contributed by atoms with Gasteiger partial charge in [-0.2, -0.15) is 0 Å². The van der Waals surface area contributed by atoms with Crippen LogP contribution in [0.15, 0.2) is 48.5 Å². The van der Waals surface area contributed by atoms with Gasteiger partial charge in [0.25, 0.3) is 5.95 Å². The summed E-state index contributed by atoms with van der Waals surface area (Å²) in [5.41, 5.74) is 10.6. The Kier molecular flexibility index (Phi) is 4.58. The van der Waals surface area contributed by atoms with Crippen molar-refractivity contribution >= 4 is 17.5 Å². The van der Waals surface area contributed by atoms with Gasteiger partial charge in [0.1, 0.15) is 12.4 Å². The van der Waals surface area contributed by atoms with Gasteiger partial charge in [0.2, 0.25) is 0 Å². The number of nitrogens with zero attached hydrogens (tertiary/aromatic N) is 4. The van der Waals surface area contributed by atoms with Crippen LogP contribution >= 0.6 is 11.6 Å². The van der Waals surface area contributed by atoms with Crippen LogP contribution in [0.4, 0.5) is 5.95 Å². The molecule has 0 unspecified atom stereocenters. The molecule has 2 aromatic carbocycles. The number of hydrogen-bond acceptors (Lipinski definition) is 6. The van der Waals surface area contributed by atoms with Gasteiger partial charge in [0, 0.05) is 5.02 Å². The van der Waals surface area contributed by atoms with Gasteiger partial charge in [-0.1, -0.05) is 41.0 Å². The highest BCUT2D eigenvalue weighted by molar-refractivity contribution is 6.30. The van der Waals surface area contributed by atoms with E-state index in [9.17, 15) is 0 Å². The van der Waals surface area contributed by atoms with Crippen molar-refractivity contribution in [1.29, 1.82) is 0 Å². The third-order valence-electron chi connectivity index (χ3n) is 3.14. The molecule has 0 radical (unpaired) electrons. The smallest absolute Gasteiger partial charge is 0.260 e. The molecule has 3 N–H and O–H groups in total. The van der Waals surface area contributed by atoms with Crippen LogP contribution in [0.5, 0.6) is 5.75 Å². The molecule has 0 saturated carbocycles. The van der Waals surface area contributed by atoms with E-state index in [-0.39, 0.29) is 5.95 Å².